The van der Waals surface area contributed by atoms with E-state index in [2.05, 4.69) is 5.32 Å². The van der Waals surface area contributed by atoms with E-state index in [4.69, 9.17) is 27.9 Å². The van der Waals surface area contributed by atoms with Gasteiger partial charge < -0.3 is 15.0 Å². The molecule has 0 aromatic heterocycles. The highest BCUT2D eigenvalue weighted by atomic mass is 35.5. The quantitative estimate of drug-likeness (QED) is 0.484. The standard InChI is InChI=1S/C23H28Cl2N2O3/c1-3-13-26-23(29)17(2)27(16-18-11-12-20(24)21(25)15-18)22(28)10-7-14-30-19-8-5-4-6-9-19/h4-6,8-9,11-12,15,17H,3,7,10,13-14,16H2,1-2H3,(H,26,29)/t17-/m1/s1. The minimum Gasteiger partial charge on any atom is -0.494 e. The molecule has 1 N–H and O–H groups in total. The van der Waals surface area contributed by atoms with E-state index in [1.165, 1.54) is 0 Å². The summed E-state index contributed by atoms with van der Waals surface area (Å²) in [6, 6.07) is 14.1. The van der Waals surface area contributed by atoms with Gasteiger partial charge in [0.2, 0.25) is 11.8 Å². The van der Waals surface area contributed by atoms with Crippen LogP contribution in [0.3, 0.4) is 0 Å². The maximum absolute atomic E-state index is 13.0. The molecule has 0 aliphatic heterocycles. The fourth-order valence-corrected chi connectivity index (χ4v) is 3.21. The molecular weight excluding hydrogens is 423 g/mol. The van der Waals surface area contributed by atoms with Gasteiger partial charge in [-0.25, -0.2) is 0 Å². The molecule has 5 nitrogen and oxygen atoms in total. The maximum atomic E-state index is 13.0. The predicted octanol–water partition coefficient (Wildman–Crippen LogP) is 5.10. The van der Waals surface area contributed by atoms with Gasteiger partial charge in [0.05, 0.1) is 16.7 Å². The monoisotopic (exact) mass is 450 g/mol. The maximum Gasteiger partial charge on any atom is 0.242 e. The van der Waals surface area contributed by atoms with Gasteiger partial charge in [-0.05, 0) is 49.6 Å². The molecule has 0 bridgehead atoms. The molecule has 30 heavy (non-hydrogen) atoms. The Balaban J connectivity index is 2.01. The lowest BCUT2D eigenvalue weighted by Gasteiger charge is -2.29. The molecule has 7 heteroatoms. The Morgan fingerprint density at radius 3 is 2.50 bits per heavy atom. The first-order chi connectivity index (χ1) is 14.4. The van der Waals surface area contributed by atoms with Crippen LogP contribution in [0.2, 0.25) is 10.0 Å². The van der Waals surface area contributed by atoms with Gasteiger partial charge in [0.25, 0.3) is 0 Å². The summed E-state index contributed by atoms with van der Waals surface area (Å²) >= 11 is 12.1. The smallest absolute Gasteiger partial charge is 0.242 e. The number of halogens is 2. The fourth-order valence-electron chi connectivity index (χ4n) is 2.89. The molecule has 0 spiro atoms. The minimum atomic E-state index is -0.603. The molecule has 0 aliphatic rings. The zero-order chi connectivity index (χ0) is 21.9. The number of amides is 2. The van der Waals surface area contributed by atoms with Gasteiger partial charge >= 0.3 is 0 Å². The summed E-state index contributed by atoms with van der Waals surface area (Å²) in [4.78, 5) is 27.0. The Kier molecular flexibility index (Phi) is 9.98. The van der Waals surface area contributed by atoms with Crippen molar-refractivity contribution >= 4 is 35.0 Å². The van der Waals surface area contributed by atoms with Crippen molar-refractivity contribution < 1.29 is 14.3 Å². The van der Waals surface area contributed by atoms with Crippen LogP contribution in [0.5, 0.6) is 5.75 Å². The number of nitrogens with zero attached hydrogens (tertiary/aromatic N) is 1. The van der Waals surface area contributed by atoms with E-state index in [-0.39, 0.29) is 24.8 Å². The van der Waals surface area contributed by atoms with Gasteiger partial charge in [0.15, 0.2) is 0 Å². The molecule has 0 saturated carbocycles. The van der Waals surface area contributed by atoms with E-state index in [1.807, 2.05) is 43.3 Å². The highest BCUT2D eigenvalue weighted by molar-refractivity contribution is 6.42. The number of hydrogen-bond donors (Lipinski definition) is 1. The molecular formula is C23H28Cl2N2O3. The number of benzene rings is 2. The molecule has 0 aliphatic carbocycles. The van der Waals surface area contributed by atoms with Gasteiger partial charge in [-0.1, -0.05) is 54.4 Å². The first-order valence-corrected chi connectivity index (χ1v) is 10.9. The summed E-state index contributed by atoms with van der Waals surface area (Å²) in [5, 5.41) is 3.72. The molecule has 162 valence electrons. The number of hydrogen-bond acceptors (Lipinski definition) is 3. The number of carbonyl (C=O) groups excluding carboxylic acids is 2. The molecule has 0 unspecified atom stereocenters. The first kappa shape index (κ1) is 24.0. The second-order valence-corrected chi connectivity index (χ2v) is 7.82. The van der Waals surface area contributed by atoms with Crippen molar-refractivity contribution in [1.29, 1.82) is 0 Å². The highest BCUT2D eigenvalue weighted by Crippen LogP contribution is 2.24. The summed E-state index contributed by atoms with van der Waals surface area (Å²) in [6.45, 7) is 4.99. The lowest BCUT2D eigenvalue weighted by Crippen LogP contribution is -2.47. The molecule has 0 fully saturated rings. The van der Waals surface area contributed by atoms with Gasteiger partial charge in [0.1, 0.15) is 11.8 Å². The van der Waals surface area contributed by atoms with Crippen LogP contribution < -0.4 is 10.1 Å². The Morgan fingerprint density at radius 1 is 1.10 bits per heavy atom. The van der Waals surface area contributed by atoms with Gasteiger partial charge in [-0.2, -0.15) is 0 Å². The largest absolute Gasteiger partial charge is 0.494 e. The van der Waals surface area contributed by atoms with E-state index in [0.29, 0.717) is 29.6 Å². The van der Waals surface area contributed by atoms with Crippen LogP contribution in [0.25, 0.3) is 0 Å². The normalized spacial score (nSPS) is 11.6. The highest BCUT2D eigenvalue weighted by Gasteiger charge is 2.25. The third-order valence-corrected chi connectivity index (χ3v) is 5.34. The van der Waals surface area contributed by atoms with Crippen LogP contribution in [0, 0.1) is 0 Å². The molecule has 2 aromatic rings. The Morgan fingerprint density at radius 2 is 1.83 bits per heavy atom. The van der Waals surface area contributed by atoms with Crippen molar-refractivity contribution in [3.05, 3.63) is 64.1 Å². The molecule has 0 heterocycles. The van der Waals surface area contributed by atoms with Crippen molar-refractivity contribution in [2.24, 2.45) is 0 Å². The number of ether oxygens (including phenoxy) is 1. The Bertz CT molecular complexity index is 830. The first-order valence-electron chi connectivity index (χ1n) is 10.1. The summed E-state index contributed by atoms with van der Waals surface area (Å²) in [5.41, 5.74) is 0.813. The average Bonchev–Trinajstić information content (AvgIpc) is 2.75. The lowest BCUT2D eigenvalue weighted by atomic mass is 10.1. The van der Waals surface area contributed by atoms with Crippen LogP contribution in [0.15, 0.2) is 48.5 Å². The topological polar surface area (TPSA) is 58.6 Å². The van der Waals surface area contributed by atoms with Gasteiger partial charge in [-0.3, -0.25) is 9.59 Å². The SMILES string of the molecule is CCCNC(=O)[C@@H](C)N(Cc1ccc(Cl)c(Cl)c1)C(=O)CCCOc1ccccc1. The summed E-state index contributed by atoms with van der Waals surface area (Å²) in [5.74, 6) is 0.479. The summed E-state index contributed by atoms with van der Waals surface area (Å²) < 4.78 is 5.66. The summed E-state index contributed by atoms with van der Waals surface area (Å²) in [7, 11) is 0. The van der Waals surface area contributed by atoms with Crippen LogP contribution in [-0.2, 0) is 16.1 Å². The molecule has 2 rings (SSSR count). The van der Waals surface area contributed by atoms with Crippen LogP contribution >= 0.6 is 23.2 Å². The van der Waals surface area contributed by atoms with E-state index >= 15 is 0 Å². The van der Waals surface area contributed by atoms with E-state index < -0.39 is 6.04 Å². The second-order valence-electron chi connectivity index (χ2n) is 7.00. The van der Waals surface area contributed by atoms with Crippen LogP contribution in [0.4, 0.5) is 0 Å². The molecule has 1 atom stereocenters. The Labute approximate surface area is 188 Å². The van der Waals surface area contributed by atoms with Crippen molar-refractivity contribution in [2.75, 3.05) is 13.2 Å². The van der Waals surface area contributed by atoms with Crippen molar-refractivity contribution in [2.45, 2.75) is 45.7 Å². The van der Waals surface area contributed by atoms with E-state index in [0.717, 1.165) is 17.7 Å². The van der Waals surface area contributed by atoms with Crippen molar-refractivity contribution in [1.82, 2.24) is 10.2 Å². The van der Waals surface area contributed by atoms with Gasteiger partial charge in [0, 0.05) is 19.5 Å². The Hall–Kier alpha value is -2.24. The fraction of sp³-hybridized carbons (Fsp3) is 0.391. The number of nitrogens with one attached hydrogen (secondary N) is 1. The molecule has 2 amide bonds. The van der Waals surface area contributed by atoms with E-state index in [1.54, 1.807) is 24.0 Å². The molecule has 0 radical (unpaired) electrons. The predicted molar refractivity (Wildman–Crippen MR) is 121 cm³/mol. The van der Waals surface area contributed by atoms with E-state index in [9.17, 15) is 9.59 Å². The van der Waals surface area contributed by atoms with Gasteiger partial charge in [-0.15, -0.1) is 0 Å². The third-order valence-electron chi connectivity index (χ3n) is 4.60. The van der Waals surface area contributed by atoms with Crippen molar-refractivity contribution in [3.63, 3.8) is 0 Å². The number of rotatable bonds is 11. The summed E-state index contributed by atoms with van der Waals surface area (Å²) in [6.07, 6.45) is 1.66. The minimum absolute atomic E-state index is 0.114. The lowest BCUT2D eigenvalue weighted by molar-refractivity contribution is -0.140. The zero-order valence-corrected chi connectivity index (χ0v) is 18.9. The molecule has 2 aromatic carbocycles. The molecule has 0 saturated heterocycles. The van der Waals surface area contributed by atoms with Crippen molar-refractivity contribution in [3.8, 4) is 5.75 Å². The average molecular weight is 451 g/mol. The second kappa shape index (κ2) is 12.5. The third kappa shape index (κ3) is 7.54. The zero-order valence-electron chi connectivity index (χ0n) is 17.4. The number of carbonyl (C=O) groups is 2. The van der Waals surface area contributed by atoms with Crippen LogP contribution in [-0.4, -0.2) is 35.9 Å². The van der Waals surface area contributed by atoms with Crippen LogP contribution in [0.1, 0.15) is 38.7 Å². The number of para-hydroxylation sites is 1.